The predicted octanol–water partition coefficient (Wildman–Crippen LogP) is 3.05. The van der Waals surface area contributed by atoms with Gasteiger partial charge >= 0.3 is 0 Å². The first-order valence-corrected chi connectivity index (χ1v) is 7.13. The maximum atomic E-state index is 4.55. The van der Waals surface area contributed by atoms with Crippen LogP contribution in [0.3, 0.4) is 0 Å². The summed E-state index contributed by atoms with van der Waals surface area (Å²) in [4.78, 5) is 8.78. The molecular weight excluding hydrogens is 242 g/mol. The highest BCUT2D eigenvalue weighted by Gasteiger charge is 2.15. The molecule has 4 heteroatoms. The Balaban J connectivity index is 2.20. The van der Waals surface area contributed by atoms with Crippen molar-refractivity contribution in [3.05, 3.63) is 45.7 Å². The lowest BCUT2D eigenvalue weighted by Gasteiger charge is -2.18. The lowest BCUT2D eigenvalue weighted by molar-refractivity contribution is 0.544. The molecule has 0 bridgehead atoms. The molecular formula is C14H19N3S. The smallest absolute Gasteiger partial charge is 0.0947 e. The van der Waals surface area contributed by atoms with Crippen molar-refractivity contribution in [2.24, 2.45) is 0 Å². The Labute approximate surface area is 112 Å². The van der Waals surface area contributed by atoms with E-state index in [0.717, 1.165) is 18.7 Å². The van der Waals surface area contributed by atoms with E-state index in [1.165, 1.54) is 16.1 Å². The standard InChI is InChI=1S/C14H19N3S/c1-4-16-13(7-14-17-11(3)9-18-14)12-8-15-6-5-10(12)2/h5-6,8-9,13,16H,4,7H2,1-3H3. The van der Waals surface area contributed by atoms with E-state index in [4.69, 9.17) is 0 Å². The summed E-state index contributed by atoms with van der Waals surface area (Å²) in [6, 6.07) is 2.36. The number of aryl methyl sites for hydroxylation is 2. The maximum absolute atomic E-state index is 4.55. The molecule has 0 aliphatic heterocycles. The third-order valence-corrected chi connectivity index (χ3v) is 3.94. The fraction of sp³-hybridized carbons (Fsp3) is 0.429. The first-order valence-electron chi connectivity index (χ1n) is 6.25. The Kier molecular flexibility index (Phi) is 4.44. The maximum Gasteiger partial charge on any atom is 0.0947 e. The average Bonchev–Trinajstić information content (AvgIpc) is 2.75. The normalized spacial score (nSPS) is 12.6. The predicted molar refractivity (Wildman–Crippen MR) is 75.9 cm³/mol. The molecule has 0 spiro atoms. The van der Waals surface area contributed by atoms with Gasteiger partial charge in [0.25, 0.3) is 0 Å². The number of nitrogens with zero attached hydrogens (tertiary/aromatic N) is 2. The molecule has 3 nitrogen and oxygen atoms in total. The van der Waals surface area contributed by atoms with Crippen LogP contribution in [0.1, 0.15) is 34.8 Å². The lowest BCUT2D eigenvalue weighted by Crippen LogP contribution is -2.23. The van der Waals surface area contributed by atoms with E-state index in [9.17, 15) is 0 Å². The molecule has 0 aliphatic carbocycles. The molecule has 2 aromatic rings. The molecule has 2 aromatic heterocycles. The van der Waals surface area contributed by atoms with Gasteiger partial charge < -0.3 is 5.32 Å². The lowest BCUT2D eigenvalue weighted by atomic mass is 10.0. The second-order valence-corrected chi connectivity index (χ2v) is 5.37. The van der Waals surface area contributed by atoms with Gasteiger partial charge in [0.15, 0.2) is 0 Å². The molecule has 1 atom stereocenters. The molecule has 2 heterocycles. The van der Waals surface area contributed by atoms with Crippen LogP contribution in [-0.4, -0.2) is 16.5 Å². The molecule has 0 aromatic carbocycles. The third-order valence-electron chi connectivity index (χ3n) is 2.95. The number of rotatable bonds is 5. The van der Waals surface area contributed by atoms with Gasteiger partial charge in [0.05, 0.1) is 5.01 Å². The largest absolute Gasteiger partial charge is 0.310 e. The van der Waals surface area contributed by atoms with Crippen LogP contribution in [0, 0.1) is 13.8 Å². The van der Waals surface area contributed by atoms with Gasteiger partial charge in [-0.15, -0.1) is 11.3 Å². The summed E-state index contributed by atoms with van der Waals surface area (Å²) in [7, 11) is 0. The Morgan fingerprint density at radius 3 is 2.83 bits per heavy atom. The summed E-state index contributed by atoms with van der Waals surface area (Å²) in [6.45, 7) is 7.25. The molecule has 0 radical (unpaired) electrons. The highest BCUT2D eigenvalue weighted by molar-refractivity contribution is 7.09. The second kappa shape index (κ2) is 6.07. The van der Waals surface area contributed by atoms with Crippen molar-refractivity contribution in [2.45, 2.75) is 33.2 Å². The minimum Gasteiger partial charge on any atom is -0.310 e. The highest BCUT2D eigenvalue weighted by atomic mass is 32.1. The number of aromatic nitrogens is 2. The van der Waals surface area contributed by atoms with Gasteiger partial charge in [0.2, 0.25) is 0 Å². The minimum absolute atomic E-state index is 0.300. The number of pyridine rings is 1. The van der Waals surface area contributed by atoms with Crippen molar-refractivity contribution in [1.29, 1.82) is 0 Å². The Morgan fingerprint density at radius 1 is 1.39 bits per heavy atom. The first-order chi connectivity index (χ1) is 8.70. The van der Waals surface area contributed by atoms with Gasteiger partial charge in [0.1, 0.15) is 0 Å². The van der Waals surface area contributed by atoms with Crippen LogP contribution in [-0.2, 0) is 6.42 Å². The number of hydrogen-bond acceptors (Lipinski definition) is 4. The molecule has 0 aliphatic rings. The molecule has 0 saturated heterocycles. The van der Waals surface area contributed by atoms with Crippen LogP contribution in [0.15, 0.2) is 23.8 Å². The first kappa shape index (κ1) is 13.2. The van der Waals surface area contributed by atoms with Gasteiger partial charge in [-0.1, -0.05) is 6.92 Å². The zero-order valence-corrected chi connectivity index (χ0v) is 11.9. The zero-order chi connectivity index (χ0) is 13.0. The summed E-state index contributed by atoms with van der Waals surface area (Å²) in [5.41, 5.74) is 3.66. The molecule has 0 amide bonds. The van der Waals surface area contributed by atoms with Crippen molar-refractivity contribution in [2.75, 3.05) is 6.54 Å². The van der Waals surface area contributed by atoms with Crippen LogP contribution in [0.5, 0.6) is 0 Å². The van der Waals surface area contributed by atoms with E-state index < -0.39 is 0 Å². The van der Waals surface area contributed by atoms with Gasteiger partial charge in [-0.05, 0) is 37.6 Å². The summed E-state index contributed by atoms with van der Waals surface area (Å²) >= 11 is 1.73. The fourth-order valence-electron chi connectivity index (χ4n) is 2.05. The quantitative estimate of drug-likeness (QED) is 0.899. The van der Waals surface area contributed by atoms with E-state index in [1.54, 1.807) is 11.3 Å². The molecule has 0 saturated carbocycles. The molecule has 2 rings (SSSR count). The SMILES string of the molecule is CCNC(Cc1nc(C)cs1)c1cnccc1C. The molecule has 96 valence electrons. The van der Waals surface area contributed by atoms with Crippen LogP contribution in [0.2, 0.25) is 0 Å². The summed E-state index contributed by atoms with van der Waals surface area (Å²) in [5, 5.41) is 6.81. The second-order valence-electron chi connectivity index (χ2n) is 4.43. The van der Waals surface area contributed by atoms with Crippen LogP contribution < -0.4 is 5.32 Å². The van der Waals surface area contributed by atoms with Crippen molar-refractivity contribution < 1.29 is 0 Å². The molecule has 18 heavy (non-hydrogen) atoms. The van der Waals surface area contributed by atoms with E-state index in [0.29, 0.717) is 6.04 Å². The van der Waals surface area contributed by atoms with Crippen molar-refractivity contribution in [3.8, 4) is 0 Å². The zero-order valence-electron chi connectivity index (χ0n) is 11.1. The average molecular weight is 261 g/mol. The summed E-state index contributed by atoms with van der Waals surface area (Å²) < 4.78 is 0. The monoisotopic (exact) mass is 261 g/mol. The third kappa shape index (κ3) is 3.15. The van der Waals surface area contributed by atoms with Gasteiger partial charge in [-0.25, -0.2) is 4.98 Å². The van der Waals surface area contributed by atoms with E-state index in [-0.39, 0.29) is 0 Å². The number of likely N-dealkylation sites (N-methyl/N-ethyl adjacent to an activating group) is 1. The fourth-order valence-corrected chi connectivity index (χ4v) is 2.87. The minimum atomic E-state index is 0.300. The van der Waals surface area contributed by atoms with Gasteiger partial charge in [0, 0.05) is 35.9 Å². The summed E-state index contributed by atoms with van der Waals surface area (Å²) in [6.07, 6.45) is 4.73. The number of nitrogens with one attached hydrogen (secondary N) is 1. The highest BCUT2D eigenvalue weighted by Crippen LogP contribution is 2.22. The molecule has 1 N–H and O–H groups in total. The van der Waals surface area contributed by atoms with Crippen LogP contribution in [0.4, 0.5) is 0 Å². The number of hydrogen-bond donors (Lipinski definition) is 1. The van der Waals surface area contributed by atoms with Crippen LogP contribution in [0.25, 0.3) is 0 Å². The van der Waals surface area contributed by atoms with Crippen LogP contribution >= 0.6 is 11.3 Å². The molecule has 1 unspecified atom stereocenters. The summed E-state index contributed by atoms with van der Waals surface area (Å²) in [5.74, 6) is 0. The van der Waals surface area contributed by atoms with Crippen molar-refractivity contribution >= 4 is 11.3 Å². The van der Waals surface area contributed by atoms with E-state index in [2.05, 4.69) is 40.6 Å². The van der Waals surface area contributed by atoms with Gasteiger partial charge in [-0.2, -0.15) is 0 Å². The van der Waals surface area contributed by atoms with Crippen molar-refractivity contribution in [3.63, 3.8) is 0 Å². The van der Waals surface area contributed by atoms with E-state index in [1.807, 2.05) is 19.3 Å². The Hall–Kier alpha value is -1.26. The molecule has 0 fully saturated rings. The van der Waals surface area contributed by atoms with E-state index >= 15 is 0 Å². The van der Waals surface area contributed by atoms with Gasteiger partial charge in [-0.3, -0.25) is 4.98 Å². The van der Waals surface area contributed by atoms with Crippen molar-refractivity contribution in [1.82, 2.24) is 15.3 Å². The number of thiazole rings is 1. The Bertz CT molecular complexity index is 507. The topological polar surface area (TPSA) is 37.8 Å². The Morgan fingerprint density at radius 2 is 2.22 bits per heavy atom.